The van der Waals surface area contributed by atoms with Crippen LogP contribution in [-0.2, 0) is 25.7 Å². The van der Waals surface area contributed by atoms with Crippen molar-refractivity contribution >= 4 is 18.0 Å². The normalized spacial score (nSPS) is 11.4. The van der Waals surface area contributed by atoms with Gasteiger partial charge in [-0.05, 0) is 30.0 Å². The number of benzene rings is 1. The van der Waals surface area contributed by atoms with Gasteiger partial charge in [-0.3, -0.25) is 4.79 Å². The molecule has 0 fully saturated rings. The van der Waals surface area contributed by atoms with Crippen LogP contribution in [0.25, 0.3) is 0 Å². The van der Waals surface area contributed by atoms with Crippen molar-refractivity contribution in [2.45, 2.75) is 33.3 Å². The van der Waals surface area contributed by atoms with Crippen LogP contribution in [0, 0.1) is 22.0 Å². The molecule has 0 bridgehead atoms. The summed E-state index contributed by atoms with van der Waals surface area (Å²) in [5.74, 6) is -2.22. The molecular formula is C18H24N2O9. The zero-order chi connectivity index (χ0) is 21.8. The predicted molar refractivity (Wildman–Crippen MR) is 98.2 cm³/mol. The number of ether oxygens (including phenoxy) is 2. The first-order valence-electron chi connectivity index (χ1n) is 8.85. The van der Waals surface area contributed by atoms with Crippen molar-refractivity contribution in [3.05, 3.63) is 45.5 Å². The minimum Gasteiger partial charge on any atom is -0.481 e. The van der Waals surface area contributed by atoms with Crippen LogP contribution in [0.15, 0.2) is 24.3 Å². The first-order chi connectivity index (χ1) is 13.7. The van der Waals surface area contributed by atoms with Gasteiger partial charge in [0.05, 0.1) is 11.5 Å². The molecule has 0 aromatic heterocycles. The summed E-state index contributed by atoms with van der Waals surface area (Å²) in [7, 11) is 0. The molecule has 0 saturated heterocycles. The molecule has 0 heterocycles. The van der Waals surface area contributed by atoms with Gasteiger partial charge in [0.25, 0.3) is 5.09 Å². The number of hydrogen-bond acceptors (Lipinski definition) is 8. The Morgan fingerprint density at radius 3 is 2.55 bits per heavy atom. The molecule has 0 saturated carbocycles. The standard InChI is InChI=1S/C18H24N2O9/c1-12(2)6-7-15(16(21)22)9-19-18(24)28-11-27-17(23)14-5-3-4-13(8-14)10-29-20(25)26/h3-5,8,12,15H,6-7,9-11H2,1-2H3,(H,19,24)(H,21,22)/t15-/m0/s1. The number of carboxylic acids is 1. The molecule has 2 N–H and O–H groups in total. The molecule has 0 aliphatic heterocycles. The van der Waals surface area contributed by atoms with Crippen LogP contribution < -0.4 is 5.32 Å². The third kappa shape index (κ3) is 9.94. The van der Waals surface area contributed by atoms with Crippen molar-refractivity contribution in [3.63, 3.8) is 0 Å². The SMILES string of the molecule is CC(C)CC[C@@H](CNC(=O)OCOC(=O)c1cccc(CO[N+](=O)[O-])c1)C(=O)O. The second kappa shape index (κ2) is 12.2. The highest BCUT2D eigenvalue weighted by Gasteiger charge is 2.19. The van der Waals surface area contributed by atoms with E-state index in [0.717, 1.165) is 0 Å². The lowest BCUT2D eigenvalue weighted by Crippen LogP contribution is -2.34. The molecule has 0 aliphatic carbocycles. The van der Waals surface area contributed by atoms with Gasteiger partial charge in [0.2, 0.25) is 6.79 Å². The van der Waals surface area contributed by atoms with Gasteiger partial charge in [-0.25, -0.2) is 9.59 Å². The summed E-state index contributed by atoms with van der Waals surface area (Å²) < 4.78 is 9.50. The molecule has 11 heteroatoms. The number of rotatable bonds is 12. The Morgan fingerprint density at radius 1 is 1.21 bits per heavy atom. The Labute approximate surface area is 167 Å². The first-order valence-corrected chi connectivity index (χ1v) is 8.85. The minimum absolute atomic E-state index is 0.0954. The highest BCUT2D eigenvalue weighted by atomic mass is 16.9. The topological polar surface area (TPSA) is 154 Å². The molecule has 1 amide bonds. The number of aliphatic carboxylic acids is 1. The van der Waals surface area contributed by atoms with Gasteiger partial charge in [0.15, 0.2) is 0 Å². The van der Waals surface area contributed by atoms with E-state index in [9.17, 15) is 24.5 Å². The second-order valence-electron chi connectivity index (χ2n) is 6.57. The minimum atomic E-state index is -1.02. The molecular weight excluding hydrogens is 388 g/mol. The van der Waals surface area contributed by atoms with Crippen LogP contribution in [0.4, 0.5) is 4.79 Å². The van der Waals surface area contributed by atoms with Crippen molar-refractivity contribution in [2.75, 3.05) is 13.3 Å². The average molecular weight is 412 g/mol. The van der Waals surface area contributed by atoms with E-state index < -0.39 is 35.8 Å². The van der Waals surface area contributed by atoms with E-state index in [1.165, 1.54) is 24.3 Å². The van der Waals surface area contributed by atoms with Crippen LogP contribution in [0.2, 0.25) is 0 Å². The summed E-state index contributed by atoms with van der Waals surface area (Å²) in [4.78, 5) is 49.2. The number of alkyl carbamates (subject to hydrolysis) is 1. The Bertz CT molecular complexity index is 721. The maximum absolute atomic E-state index is 11.9. The van der Waals surface area contributed by atoms with Crippen molar-refractivity contribution in [2.24, 2.45) is 11.8 Å². The van der Waals surface area contributed by atoms with E-state index in [-0.39, 0.29) is 18.7 Å². The van der Waals surface area contributed by atoms with Crippen LogP contribution in [0.1, 0.15) is 42.6 Å². The van der Waals surface area contributed by atoms with Gasteiger partial charge in [-0.1, -0.05) is 32.4 Å². The van der Waals surface area contributed by atoms with Crippen LogP contribution in [0.5, 0.6) is 0 Å². The first kappa shape index (κ1) is 23.7. The van der Waals surface area contributed by atoms with Crippen LogP contribution >= 0.6 is 0 Å². The average Bonchev–Trinajstić information content (AvgIpc) is 2.66. The van der Waals surface area contributed by atoms with Gasteiger partial charge >= 0.3 is 18.0 Å². The van der Waals surface area contributed by atoms with Gasteiger partial charge in [-0.2, -0.15) is 0 Å². The van der Waals surface area contributed by atoms with E-state index >= 15 is 0 Å². The summed E-state index contributed by atoms with van der Waals surface area (Å²) in [5.41, 5.74) is 0.481. The van der Waals surface area contributed by atoms with E-state index in [1.807, 2.05) is 13.8 Å². The lowest BCUT2D eigenvalue weighted by molar-refractivity contribution is -0.763. The van der Waals surface area contributed by atoms with Crippen molar-refractivity contribution in [1.82, 2.24) is 5.32 Å². The Hall–Kier alpha value is -3.37. The van der Waals surface area contributed by atoms with Gasteiger partial charge in [-0.15, -0.1) is 10.1 Å². The summed E-state index contributed by atoms with van der Waals surface area (Å²) >= 11 is 0. The fourth-order valence-corrected chi connectivity index (χ4v) is 2.24. The number of amides is 1. The maximum Gasteiger partial charge on any atom is 0.410 e. The van der Waals surface area contributed by atoms with Gasteiger partial charge in [0, 0.05) is 6.54 Å². The van der Waals surface area contributed by atoms with Gasteiger partial charge in [0.1, 0.15) is 6.61 Å². The summed E-state index contributed by atoms with van der Waals surface area (Å²) in [5, 5.41) is 20.7. The molecule has 11 nitrogen and oxygen atoms in total. The Balaban J connectivity index is 2.39. The number of carboxylic acid groups (broad SMARTS) is 1. The molecule has 0 aliphatic rings. The zero-order valence-electron chi connectivity index (χ0n) is 16.2. The highest BCUT2D eigenvalue weighted by Crippen LogP contribution is 2.12. The predicted octanol–water partition coefficient (Wildman–Crippen LogP) is 2.37. The number of carbonyl (C=O) groups is 3. The molecule has 1 rings (SSSR count). The lowest BCUT2D eigenvalue weighted by atomic mass is 9.98. The highest BCUT2D eigenvalue weighted by molar-refractivity contribution is 5.89. The lowest BCUT2D eigenvalue weighted by Gasteiger charge is -2.14. The fourth-order valence-electron chi connectivity index (χ4n) is 2.24. The molecule has 0 spiro atoms. The van der Waals surface area contributed by atoms with Gasteiger partial charge < -0.3 is 24.7 Å². The Kier molecular flexibility index (Phi) is 9.92. The quantitative estimate of drug-likeness (QED) is 0.228. The molecule has 1 atom stereocenters. The second-order valence-corrected chi connectivity index (χ2v) is 6.57. The summed E-state index contributed by atoms with van der Waals surface area (Å²) in [6.07, 6.45) is 0.206. The molecule has 29 heavy (non-hydrogen) atoms. The van der Waals surface area contributed by atoms with Crippen molar-refractivity contribution in [3.8, 4) is 0 Å². The molecule has 0 unspecified atom stereocenters. The summed E-state index contributed by atoms with van der Waals surface area (Å²) in [6, 6.07) is 5.79. The number of carbonyl (C=O) groups excluding carboxylic acids is 2. The monoisotopic (exact) mass is 412 g/mol. The van der Waals surface area contributed by atoms with Crippen molar-refractivity contribution in [1.29, 1.82) is 0 Å². The molecule has 160 valence electrons. The third-order valence-corrected chi connectivity index (χ3v) is 3.81. The fraction of sp³-hybridized carbons (Fsp3) is 0.500. The van der Waals surface area contributed by atoms with E-state index in [1.54, 1.807) is 0 Å². The van der Waals surface area contributed by atoms with E-state index in [0.29, 0.717) is 24.3 Å². The number of nitrogens with one attached hydrogen (secondary N) is 1. The smallest absolute Gasteiger partial charge is 0.410 e. The summed E-state index contributed by atoms with van der Waals surface area (Å²) in [6.45, 7) is 2.84. The molecule has 1 aromatic rings. The molecule has 0 radical (unpaired) electrons. The number of nitrogens with zero attached hydrogens (tertiary/aromatic N) is 1. The number of hydrogen-bond donors (Lipinski definition) is 2. The van der Waals surface area contributed by atoms with Crippen LogP contribution in [0.3, 0.4) is 0 Å². The maximum atomic E-state index is 11.9. The van der Waals surface area contributed by atoms with E-state index in [4.69, 9.17) is 14.6 Å². The number of esters is 1. The zero-order valence-corrected chi connectivity index (χ0v) is 16.2. The largest absolute Gasteiger partial charge is 0.481 e. The van der Waals surface area contributed by atoms with E-state index in [2.05, 4.69) is 10.2 Å². The van der Waals surface area contributed by atoms with Crippen LogP contribution in [-0.4, -0.2) is 41.6 Å². The Morgan fingerprint density at radius 2 is 1.93 bits per heavy atom. The molecule has 1 aromatic carbocycles. The van der Waals surface area contributed by atoms with Crippen molar-refractivity contribution < 1.29 is 38.9 Å². The third-order valence-electron chi connectivity index (χ3n) is 3.81.